The van der Waals surface area contributed by atoms with E-state index in [-0.39, 0.29) is 17.9 Å². The first-order chi connectivity index (χ1) is 17.1. The number of carboxylic acids is 1. The van der Waals surface area contributed by atoms with Crippen molar-refractivity contribution in [3.8, 4) is 5.75 Å². The Labute approximate surface area is 212 Å². The van der Waals surface area contributed by atoms with Gasteiger partial charge in [0.05, 0.1) is 31.7 Å². The summed E-state index contributed by atoms with van der Waals surface area (Å²) in [6.07, 6.45) is 9.79. The number of thioether (sulfide) groups is 1. The molecule has 2 N–H and O–H groups in total. The van der Waals surface area contributed by atoms with Crippen molar-refractivity contribution < 1.29 is 19.5 Å². The van der Waals surface area contributed by atoms with E-state index in [1.165, 1.54) is 25.7 Å². The third kappa shape index (κ3) is 6.88. The van der Waals surface area contributed by atoms with Crippen LogP contribution in [0.1, 0.15) is 56.6 Å². The van der Waals surface area contributed by atoms with Crippen LogP contribution >= 0.6 is 11.8 Å². The molecule has 2 fully saturated rings. The average molecular weight is 502 g/mol. The molecule has 7 nitrogen and oxygen atoms in total. The molecule has 0 radical (unpaired) electrons. The quantitative estimate of drug-likeness (QED) is 0.397. The topological polar surface area (TPSA) is 83.9 Å². The number of hydroxylamine groups is 1. The van der Waals surface area contributed by atoms with E-state index in [9.17, 15) is 9.90 Å². The molecule has 0 amide bonds. The molecule has 0 bridgehead atoms. The number of hydrogen-bond acceptors (Lipinski definition) is 7. The maximum absolute atomic E-state index is 12.2. The highest BCUT2D eigenvalue weighted by Gasteiger charge is 2.34. The van der Waals surface area contributed by atoms with Crippen molar-refractivity contribution in [3.63, 3.8) is 0 Å². The normalized spacial score (nSPS) is 22.5. The largest absolute Gasteiger partial charge is 0.497 e. The summed E-state index contributed by atoms with van der Waals surface area (Å²) in [5, 5.41) is 11.9. The first kappa shape index (κ1) is 26.2. The third-order valence-corrected chi connectivity index (χ3v) is 9.03. The number of benzene rings is 1. The van der Waals surface area contributed by atoms with Gasteiger partial charge in [0.1, 0.15) is 5.75 Å². The molecule has 35 heavy (non-hydrogen) atoms. The predicted octanol–water partition coefficient (Wildman–Crippen LogP) is 4.91. The Hall–Kier alpha value is -1.87. The van der Waals surface area contributed by atoms with Gasteiger partial charge in [-0.15, -0.1) is 0 Å². The van der Waals surface area contributed by atoms with E-state index < -0.39 is 5.97 Å². The van der Waals surface area contributed by atoms with Gasteiger partial charge in [-0.1, -0.05) is 12.8 Å². The van der Waals surface area contributed by atoms with Crippen molar-refractivity contribution in [2.24, 2.45) is 11.8 Å². The fourth-order valence-corrected chi connectivity index (χ4v) is 7.04. The van der Waals surface area contributed by atoms with E-state index in [4.69, 9.17) is 9.57 Å². The molecule has 1 aliphatic heterocycles. The zero-order valence-electron chi connectivity index (χ0n) is 20.9. The number of aliphatic carboxylic acids is 1. The predicted molar refractivity (Wildman–Crippen MR) is 141 cm³/mol. The smallest absolute Gasteiger partial charge is 0.308 e. The Bertz CT molecular complexity index is 969. The van der Waals surface area contributed by atoms with Crippen molar-refractivity contribution >= 4 is 28.6 Å². The number of fused-ring (bicyclic) bond motifs is 1. The minimum atomic E-state index is -0.668. The maximum atomic E-state index is 12.2. The van der Waals surface area contributed by atoms with E-state index in [0.717, 1.165) is 65.6 Å². The summed E-state index contributed by atoms with van der Waals surface area (Å²) in [7, 11) is 3.28. The van der Waals surface area contributed by atoms with Crippen LogP contribution in [-0.4, -0.2) is 65.8 Å². The molecule has 2 aromatic rings. The van der Waals surface area contributed by atoms with E-state index >= 15 is 0 Å². The van der Waals surface area contributed by atoms with E-state index in [0.29, 0.717) is 6.54 Å². The summed E-state index contributed by atoms with van der Waals surface area (Å²) >= 11 is 2.08. The lowest BCUT2D eigenvalue weighted by Gasteiger charge is -2.37. The first-order valence-electron chi connectivity index (χ1n) is 12.9. The number of hydrogen-bond donors (Lipinski definition) is 2. The van der Waals surface area contributed by atoms with Gasteiger partial charge in [0.15, 0.2) is 0 Å². The Morgan fingerprint density at radius 3 is 2.83 bits per heavy atom. The van der Waals surface area contributed by atoms with E-state index in [2.05, 4.69) is 27.1 Å². The second kappa shape index (κ2) is 12.9. The van der Waals surface area contributed by atoms with Crippen molar-refractivity contribution in [1.82, 2.24) is 15.4 Å². The lowest BCUT2D eigenvalue weighted by molar-refractivity contribution is -0.146. The molecule has 2 aliphatic rings. The van der Waals surface area contributed by atoms with Gasteiger partial charge in [0.2, 0.25) is 0 Å². The fraction of sp³-hybridized carbons (Fsp3) is 0.630. The maximum Gasteiger partial charge on any atom is 0.308 e. The molecule has 1 unspecified atom stereocenters. The number of carboxylic acid groups (broad SMARTS) is 1. The summed E-state index contributed by atoms with van der Waals surface area (Å²) in [6.45, 7) is 2.64. The number of carbonyl (C=O) groups is 1. The molecule has 1 saturated carbocycles. The summed E-state index contributed by atoms with van der Waals surface area (Å²) in [6, 6.07) is 7.83. The second-order valence-electron chi connectivity index (χ2n) is 9.81. The van der Waals surface area contributed by atoms with Crippen molar-refractivity contribution in [2.45, 2.75) is 56.2 Å². The Balaban J connectivity index is 1.38. The Kier molecular flexibility index (Phi) is 9.66. The van der Waals surface area contributed by atoms with Crippen LogP contribution in [0.15, 0.2) is 30.5 Å². The van der Waals surface area contributed by atoms with Crippen molar-refractivity contribution in [3.05, 3.63) is 36.0 Å². The number of methoxy groups -OCH3 is 1. The van der Waals surface area contributed by atoms with Crippen LogP contribution in [0.2, 0.25) is 0 Å². The van der Waals surface area contributed by atoms with Crippen LogP contribution in [0.5, 0.6) is 5.75 Å². The molecule has 8 heteroatoms. The molecule has 1 aliphatic carbocycles. The zero-order valence-corrected chi connectivity index (χ0v) is 21.8. The highest BCUT2D eigenvalue weighted by atomic mass is 32.2. The molecule has 2 heterocycles. The van der Waals surface area contributed by atoms with Crippen LogP contribution in [0, 0.1) is 11.8 Å². The molecular formula is C27H39N3O4S. The van der Waals surface area contributed by atoms with Gasteiger partial charge in [0, 0.05) is 35.7 Å². The van der Waals surface area contributed by atoms with Gasteiger partial charge in [0.25, 0.3) is 0 Å². The molecule has 1 aromatic carbocycles. The van der Waals surface area contributed by atoms with E-state index in [1.807, 2.05) is 30.5 Å². The Morgan fingerprint density at radius 1 is 1.26 bits per heavy atom. The molecule has 192 valence electrons. The second-order valence-corrected chi connectivity index (χ2v) is 11.2. The van der Waals surface area contributed by atoms with Gasteiger partial charge in [-0.25, -0.2) is 0 Å². The lowest BCUT2D eigenvalue weighted by Crippen LogP contribution is -2.44. The number of ether oxygens (including phenoxy) is 1. The lowest BCUT2D eigenvalue weighted by atomic mass is 9.81. The average Bonchev–Trinajstić information content (AvgIpc) is 3.40. The van der Waals surface area contributed by atoms with Crippen LogP contribution in [0.4, 0.5) is 0 Å². The molecule has 3 atom stereocenters. The van der Waals surface area contributed by atoms with Gasteiger partial charge >= 0.3 is 5.97 Å². The number of rotatable bonds is 12. The standard InChI is InChI=1S/C27H39N3O4S/c1-33-20-8-10-25-23(17-20)22(11-13-28-25)26(29-34-2)9-7-19-12-14-30(18-24(19)27(31)32)15-16-35-21-5-3-4-6-21/h8,10-11,13,17,19,21,24,26,29H,3-7,9,12,14-16,18H2,1-2H3,(H,31,32)/t19-,24+,26?/m1/s1. The van der Waals surface area contributed by atoms with E-state index in [1.54, 1.807) is 14.2 Å². The van der Waals surface area contributed by atoms with Gasteiger partial charge < -0.3 is 19.6 Å². The number of nitrogens with zero attached hydrogens (tertiary/aromatic N) is 2. The number of likely N-dealkylation sites (tertiary alicyclic amines) is 1. The van der Waals surface area contributed by atoms with Crippen LogP contribution < -0.4 is 10.2 Å². The summed E-state index contributed by atoms with van der Waals surface area (Å²) in [5.41, 5.74) is 5.13. The highest BCUT2D eigenvalue weighted by Crippen LogP contribution is 2.34. The number of piperidine rings is 1. The monoisotopic (exact) mass is 501 g/mol. The molecular weight excluding hydrogens is 462 g/mol. The summed E-state index contributed by atoms with van der Waals surface area (Å²) < 4.78 is 5.43. The summed E-state index contributed by atoms with van der Waals surface area (Å²) in [5.74, 6) is 1.07. The number of pyridine rings is 1. The molecule has 1 saturated heterocycles. The van der Waals surface area contributed by atoms with Crippen LogP contribution in [0.3, 0.4) is 0 Å². The van der Waals surface area contributed by atoms with Gasteiger partial charge in [-0.3, -0.25) is 9.78 Å². The van der Waals surface area contributed by atoms with Gasteiger partial charge in [-0.2, -0.15) is 17.2 Å². The molecule has 0 spiro atoms. The molecule has 4 rings (SSSR count). The van der Waals surface area contributed by atoms with Gasteiger partial charge in [-0.05, 0) is 74.4 Å². The van der Waals surface area contributed by atoms with Crippen molar-refractivity contribution in [1.29, 1.82) is 0 Å². The number of nitrogens with one attached hydrogen (secondary N) is 1. The fourth-order valence-electron chi connectivity index (χ4n) is 5.68. The van der Waals surface area contributed by atoms with Crippen LogP contribution in [-0.2, 0) is 9.63 Å². The van der Waals surface area contributed by atoms with Crippen molar-refractivity contribution in [2.75, 3.05) is 39.6 Å². The SMILES string of the molecule is CONC(CC[C@@H]1CCN(CCSC2CCCC2)C[C@@H]1C(=O)O)c1ccnc2ccc(OC)cc12. The zero-order chi connectivity index (χ0) is 24.6. The Morgan fingerprint density at radius 2 is 2.09 bits per heavy atom. The third-order valence-electron chi connectivity index (χ3n) is 7.66. The first-order valence-corrected chi connectivity index (χ1v) is 13.9. The summed E-state index contributed by atoms with van der Waals surface area (Å²) in [4.78, 5) is 24.4. The minimum absolute atomic E-state index is 0.0621. The number of aromatic nitrogens is 1. The highest BCUT2D eigenvalue weighted by molar-refractivity contribution is 7.99. The molecule has 1 aromatic heterocycles. The van der Waals surface area contributed by atoms with Crippen LogP contribution in [0.25, 0.3) is 10.9 Å². The minimum Gasteiger partial charge on any atom is -0.497 e.